The number of nitrogens with one attached hydrogen (secondary N) is 1. The number of ether oxygens (including phenoxy) is 1. The molecule has 33 heavy (non-hydrogen) atoms. The van der Waals surface area contributed by atoms with Gasteiger partial charge in [0.05, 0.1) is 24.9 Å². The lowest BCUT2D eigenvalue weighted by molar-refractivity contribution is 0.126. The Morgan fingerprint density at radius 3 is 2.70 bits per heavy atom. The van der Waals surface area contributed by atoms with Crippen LogP contribution in [0.3, 0.4) is 0 Å². The molecule has 2 aromatic heterocycles. The Morgan fingerprint density at radius 2 is 1.97 bits per heavy atom. The fourth-order valence-corrected chi connectivity index (χ4v) is 4.63. The van der Waals surface area contributed by atoms with Gasteiger partial charge < -0.3 is 15.2 Å². The standard InChI is InChI=1S/C22H27F3N6O2/c1-11-15(23)8-16(24)19(18(11)25)29-22-28-17-9-26-21(27-12-2-4-14(32)5-3-12)30-20(17)31(22)13-6-7-33-10-13/h8-9,11-15,18,32H,2-7,10H2,1H3,(H,26,27,30). The second-order valence-corrected chi connectivity index (χ2v) is 9.07. The van der Waals surface area contributed by atoms with Crippen LogP contribution in [-0.4, -0.2) is 68.0 Å². The highest BCUT2D eigenvalue weighted by atomic mass is 19.2. The van der Waals surface area contributed by atoms with Gasteiger partial charge in [-0.15, -0.1) is 0 Å². The van der Waals surface area contributed by atoms with Gasteiger partial charge >= 0.3 is 0 Å². The van der Waals surface area contributed by atoms with E-state index in [1.807, 2.05) is 0 Å². The summed E-state index contributed by atoms with van der Waals surface area (Å²) >= 11 is 0. The number of allylic oxidation sites excluding steroid dienone is 2. The predicted octanol–water partition coefficient (Wildman–Crippen LogP) is 3.75. The minimum atomic E-state index is -1.89. The quantitative estimate of drug-likeness (QED) is 0.715. The van der Waals surface area contributed by atoms with Crippen molar-refractivity contribution in [1.29, 1.82) is 0 Å². The van der Waals surface area contributed by atoms with Gasteiger partial charge in [0, 0.05) is 18.6 Å². The number of aliphatic hydroxyl groups excluding tert-OH is 1. The number of rotatable bonds is 4. The molecule has 8 nitrogen and oxygen atoms in total. The number of alkyl halides is 2. The smallest absolute Gasteiger partial charge is 0.232 e. The van der Waals surface area contributed by atoms with Crippen LogP contribution in [0, 0.1) is 5.92 Å². The van der Waals surface area contributed by atoms with Gasteiger partial charge in [0.2, 0.25) is 11.9 Å². The SMILES string of the molecule is CC1C(F)C=C(F)C(=Nc2nc3cnc(NC4CCC(O)CC4)nc3n2C2CCOC2)C1F. The molecule has 3 aliphatic rings. The third-order valence-corrected chi connectivity index (χ3v) is 6.71. The Labute approximate surface area is 189 Å². The molecule has 2 aliphatic carbocycles. The molecule has 0 aromatic carbocycles. The number of aliphatic hydroxyl groups is 1. The maximum atomic E-state index is 14.8. The van der Waals surface area contributed by atoms with Crippen LogP contribution in [0.2, 0.25) is 0 Å². The van der Waals surface area contributed by atoms with Crippen LogP contribution >= 0.6 is 0 Å². The predicted molar refractivity (Wildman–Crippen MR) is 117 cm³/mol. The zero-order chi connectivity index (χ0) is 23.1. The van der Waals surface area contributed by atoms with E-state index in [-0.39, 0.29) is 24.1 Å². The third kappa shape index (κ3) is 4.35. The molecule has 4 atom stereocenters. The van der Waals surface area contributed by atoms with E-state index in [2.05, 4.69) is 25.3 Å². The molecular weight excluding hydrogens is 437 g/mol. The van der Waals surface area contributed by atoms with E-state index >= 15 is 0 Å². The largest absolute Gasteiger partial charge is 0.393 e. The topological polar surface area (TPSA) is 97.5 Å². The highest BCUT2D eigenvalue weighted by Crippen LogP contribution is 2.34. The van der Waals surface area contributed by atoms with Crippen LogP contribution in [0.5, 0.6) is 0 Å². The van der Waals surface area contributed by atoms with E-state index in [1.54, 1.807) is 10.8 Å². The van der Waals surface area contributed by atoms with Gasteiger partial charge in [-0.05, 0) is 38.2 Å². The summed E-state index contributed by atoms with van der Waals surface area (Å²) in [4.78, 5) is 17.6. The monoisotopic (exact) mass is 464 g/mol. The maximum absolute atomic E-state index is 14.8. The van der Waals surface area contributed by atoms with Crippen LogP contribution in [0.25, 0.3) is 11.2 Å². The summed E-state index contributed by atoms with van der Waals surface area (Å²) in [5, 5.41) is 13.0. The van der Waals surface area contributed by atoms with E-state index in [0.29, 0.717) is 36.7 Å². The summed E-state index contributed by atoms with van der Waals surface area (Å²) in [7, 11) is 0. The summed E-state index contributed by atoms with van der Waals surface area (Å²) in [6, 6.07) is 0.00242. The Balaban J connectivity index is 1.53. The molecule has 2 N–H and O–H groups in total. The van der Waals surface area contributed by atoms with Crippen molar-refractivity contribution >= 4 is 28.8 Å². The molecule has 178 valence electrons. The molecule has 1 aliphatic heterocycles. The number of hydrogen-bond donors (Lipinski definition) is 2. The van der Waals surface area contributed by atoms with Crippen molar-refractivity contribution in [1.82, 2.24) is 19.5 Å². The molecule has 0 radical (unpaired) electrons. The fraction of sp³-hybridized carbons (Fsp3) is 0.636. The normalized spacial score (nSPS) is 34.1. The number of fused-ring (bicyclic) bond motifs is 1. The van der Waals surface area contributed by atoms with Gasteiger partial charge in [-0.1, -0.05) is 6.92 Å². The number of hydrogen-bond acceptors (Lipinski definition) is 7. The zero-order valence-corrected chi connectivity index (χ0v) is 18.3. The lowest BCUT2D eigenvalue weighted by Crippen LogP contribution is -2.34. The molecule has 3 heterocycles. The Kier molecular flexibility index (Phi) is 6.09. The van der Waals surface area contributed by atoms with Crippen molar-refractivity contribution < 1.29 is 23.0 Å². The second-order valence-electron chi connectivity index (χ2n) is 9.07. The third-order valence-electron chi connectivity index (χ3n) is 6.71. The van der Waals surface area contributed by atoms with Gasteiger partial charge in [-0.2, -0.15) is 4.98 Å². The van der Waals surface area contributed by atoms with E-state index in [1.165, 1.54) is 6.92 Å². The molecule has 2 aromatic rings. The molecule has 0 amide bonds. The molecule has 0 bridgehead atoms. The number of halogens is 3. The van der Waals surface area contributed by atoms with Crippen LogP contribution in [0.15, 0.2) is 23.1 Å². The number of aromatic nitrogens is 4. The number of nitrogens with zero attached hydrogens (tertiary/aromatic N) is 5. The van der Waals surface area contributed by atoms with Crippen molar-refractivity contribution in [2.75, 3.05) is 18.5 Å². The van der Waals surface area contributed by atoms with Crippen molar-refractivity contribution in [3.05, 3.63) is 18.1 Å². The van der Waals surface area contributed by atoms with Crippen LogP contribution in [-0.2, 0) is 4.74 Å². The molecule has 2 fully saturated rings. The molecule has 11 heteroatoms. The van der Waals surface area contributed by atoms with Gasteiger partial charge in [0.1, 0.15) is 23.2 Å². The average molecular weight is 464 g/mol. The fourth-order valence-electron chi connectivity index (χ4n) is 4.63. The van der Waals surface area contributed by atoms with Crippen LogP contribution < -0.4 is 5.32 Å². The first-order chi connectivity index (χ1) is 15.9. The van der Waals surface area contributed by atoms with Gasteiger partial charge in [-0.3, -0.25) is 4.57 Å². The second kappa shape index (κ2) is 9.02. The summed E-state index contributed by atoms with van der Waals surface area (Å²) in [5.41, 5.74) is 0.474. The molecule has 5 rings (SSSR count). The average Bonchev–Trinajstić information content (AvgIpc) is 3.44. The summed E-state index contributed by atoms with van der Waals surface area (Å²) < 4.78 is 50.3. The minimum Gasteiger partial charge on any atom is -0.393 e. The first kappa shape index (κ1) is 22.3. The van der Waals surface area contributed by atoms with Gasteiger partial charge in [0.15, 0.2) is 11.8 Å². The van der Waals surface area contributed by atoms with Crippen LogP contribution in [0.4, 0.5) is 25.1 Å². The van der Waals surface area contributed by atoms with E-state index in [0.717, 1.165) is 31.8 Å². The lowest BCUT2D eigenvalue weighted by atomic mass is 9.90. The molecular formula is C22H27F3N6O2. The number of aliphatic imine (C=N–C) groups is 1. The van der Waals surface area contributed by atoms with Crippen LogP contribution in [0.1, 0.15) is 45.1 Å². The Morgan fingerprint density at radius 1 is 1.18 bits per heavy atom. The zero-order valence-electron chi connectivity index (χ0n) is 18.3. The number of anilines is 1. The van der Waals surface area contributed by atoms with Gasteiger partial charge in [0.25, 0.3) is 0 Å². The van der Waals surface area contributed by atoms with E-state index in [9.17, 15) is 18.3 Å². The minimum absolute atomic E-state index is 0.0958. The molecule has 1 saturated heterocycles. The van der Waals surface area contributed by atoms with E-state index in [4.69, 9.17) is 4.74 Å². The van der Waals surface area contributed by atoms with Crippen molar-refractivity contribution in [2.24, 2.45) is 10.9 Å². The van der Waals surface area contributed by atoms with E-state index < -0.39 is 29.8 Å². The van der Waals surface area contributed by atoms with Crippen molar-refractivity contribution in [2.45, 2.75) is 69.6 Å². The first-order valence-corrected chi connectivity index (χ1v) is 11.4. The van der Waals surface area contributed by atoms with Crippen molar-refractivity contribution in [3.8, 4) is 0 Å². The first-order valence-electron chi connectivity index (χ1n) is 11.4. The summed E-state index contributed by atoms with van der Waals surface area (Å²) in [5.74, 6) is -1.54. The molecule has 1 saturated carbocycles. The number of imidazole rings is 1. The summed E-state index contributed by atoms with van der Waals surface area (Å²) in [6.07, 6.45) is 2.21. The van der Waals surface area contributed by atoms with Crippen molar-refractivity contribution in [3.63, 3.8) is 0 Å². The van der Waals surface area contributed by atoms with Gasteiger partial charge in [-0.25, -0.2) is 28.1 Å². The Hall–Kier alpha value is -2.53. The molecule has 0 spiro atoms. The highest BCUT2D eigenvalue weighted by Gasteiger charge is 2.37. The molecule has 4 unspecified atom stereocenters. The Bertz CT molecular complexity index is 1080. The summed E-state index contributed by atoms with van der Waals surface area (Å²) in [6.45, 7) is 2.33. The maximum Gasteiger partial charge on any atom is 0.232 e. The lowest BCUT2D eigenvalue weighted by Gasteiger charge is -2.26. The highest BCUT2D eigenvalue weighted by molar-refractivity contribution is 6.04.